The molecule has 0 spiro atoms. The summed E-state index contributed by atoms with van der Waals surface area (Å²) in [5.74, 6) is -0.687. The molecule has 2 aromatic carbocycles. The van der Waals surface area contributed by atoms with Gasteiger partial charge in [0.15, 0.2) is 11.5 Å². The van der Waals surface area contributed by atoms with Crippen molar-refractivity contribution >= 4 is 35.1 Å². The van der Waals surface area contributed by atoms with E-state index in [2.05, 4.69) is 27.2 Å². The van der Waals surface area contributed by atoms with E-state index in [1.807, 2.05) is 30.3 Å². The molecule has 37 heavy (non-hydrogen) atoms. The van der Waals surface area contributed by atoms with Gasteiger partial charge in [-0.05, 0) is 48.7 Å². The van der Waals surface area contributed by atoms with Crippen LogP contribution in [0, 0.1) is 0 Å². The van der Waals surface area contributed by atoms with Crippen LogP contribution in [-0.2, 0) is 16.1 Å². The molecule has 4 rings (SSSR count). The molecule has 1 atom stereocenters. The Morgan fingerprint density at radius 2 is 1.89 bits per heavy atom. The second kappa shape index (κ2) is 11.8. The molecule has 3 aromatic rings. The third kappa shape index (κ3) is 6.69. The van der Waals surface area contributed by atoms with E-state index >= 15 is 0 Å². The first kappa shape index (κ1) is 25.4. The van der Waals surface area contributed by atoms with Crippen LogP contribution in [-0.4, -0.2) is 51.8 Å². The van der Waals surface area contributed by atoms with Crippen LogP contribution >= 0.6 is 0 Å². The first-order valence-electron chi connectivity index (χ1n) is 11.9. The van der Waals surface area contributed by atoms with Gasteiger partial charge >= 0.3 is 5.97 Å². The highest BCUT2D eigenvalue weighted by Crippen LogP contribution is 2.22. The molecule has 10 heteroatoms. The maximum absolute atomic E-state index is 12.4. The van der Waals surface area contributed by atoms with Gasteiger partial charge in [-0.25, -0.2) is 14.8 Å². The smallest absolute Gasteiger partial charge is 0.338 e. The molecule has 1 aliphatic heterocycles. The highest BCUT2D eigenvalue weighted by molar-refractivity contribution is 5.96. The SMILES string of the molecule is C=CC(=O)N1CCC[C@@H](Nc2cnc(C(N)=O)c(Nc3ccc(C(=O)OCc4ccccc4)cc3)n2)C1. The number of nitrogens with zero attached hydrogens (tertiary/aromatic N) is 3. The first-order valence-corrected chi connectivity index (χ1v) is 11.9. The van der Waals surface area contributed by atoms with Crippen LogP contribution in [0.1, 0.15) is 39.3 Å². The molecular weight excluding hydrogens is 472 g/mol. The van der Waals surface area contributed by atoms with Crippen molar-refractivity contribution in [1.29, 1.82) is 0 Å². The number of carbonyl (C=O) groups excluding carboxylic acids is 3. The summed E-state index contributed by atoms with van der Waals surface area (Å²) in [5.41, 5.74) is 7.33. The lowest BCUT2D eigenvalue weighted by atomic mass is 10.1. The summed E-state index contributed by atoms with van der Waals surface area (Å²) in [6.07, 6.45) is 4.44. The zero-order chi connectivity index (χ0) is 26.2. The second-order valence-electron chi connectivity index (χ2n) is 8.55. The molecule has 1 saturated heterocycles. The van der Waals surface area contributed by atoms with Gasteiger partial charge in [0.2, 0.25) is 5.91 Å². The quantitative estimate of drug-likeness (QED) is 0.300. The van der Waals surface area contributed by atoms with Gasteiger partial charge in [0.1, 0.15) is 12.4 Å². The van der Waals surface area contributed by atoms with Gasteiger partial charge in [0.05, 0.1) is 11.8 Å². The minimum absolute atomic E-state index is 0.0241. The van der Waals surface area contributed by atoms with Crippen LogP contribution in [0.15, 0.2) is 73.4 Å². The lowest BCUT2D eigenvalue weighted by molar-refractivity contribution is -0.127. The zero-order valence-electron chi connectivity index (χ0n) is 20.2. The maximum Gasteiger partial charge on any atom is 0.338 e. The standard InChI is InChI=1S/C27H28N6O4/c1-2-23(34)33-14-6-9-21(16-33)30-22-15-29-24(25(28)35)26(32-22)31-20-12-10-19(11-13-20)27(36)37-17-18-7-4-3-5-8-18/h2-5,7-8,10-13,15,21H,1,6,9,14,16-17H2,(H2,28,35)(H2,30,31,32)/t21-/m1/s1. The number of anilines is 3. The molecule has 1 aliphatic rings. The molecule has 4 N–H and O–H groups in total. The van der Waals surface area contributed by atoms with E-state index in [-0.39, 0.29) is 30.1 Å². The third-order valence-corrected chi connectivity index (χ3v) is 5.86. The Balaban J connectivity index is 1.43. The second-order valence-corrected chi connectivity index (χ2v) is 8.55. The minimum atomic E-state index is -0.733. The van der Waals surface area contributed by atoms with E-state index in [9.17, 15) is 14.4 Å². The fourth-order valence-electron chi connectivity index (χ4n) is 3.99. The molecule has 10 nitrogen and oxygen atoms in total. The molecule has 190 valence electrons. The molecule has 0 saturated carbocycles. The predicted octanol–water partition coefficient (Wildman–Crippen LogP) is 3.27. The molecule has 0 unspecified atom stereocenters. The molecule has 0 aliphatic carbocycles. The summed E-state index contributed by atoms with van der Waals surface area (Å²) in [4.78, 5) is 46.7. The number of ether oxygens (including phenoxy) is 1. The average Bonchev–Trinajstić information content (AvgIpc) is 2.92. The fourth-order valence-corrected chi connectivity index (χ4v) is 3.99. The molecule has 1 fully saturated rings. The Morgan fingerprint density at radius 3 is 2.59 bits per heavy atom. The summed E-state index contributed by atoms with van der Waals surface area (Å²) in [6, 6.07) is 16.0. The van der Waals surface area contributed by atoms with E-state index < -0.39 is 11.9 Å². The van der Waals surface area contributed by atoms with Gasteiger partial charge in [-0.15, -0.1) is 0 Å². The number of benzene rings is 2. The Kier molecular flexibility index (Phi) is 8.09. The minimum Gasteiger partial charge on any atom is -0.457 e. The van der Waals surface area contributed by atoms with Crippen LogP contribution in [0.25, 0.3) is 0 Å². The summed E-state index contributed by atoms with van der Waals surface area (Å²) >= 11 is 0. The van der Waals surface area contributed by atoms with Crippen molar-refractivity contribution in [2.75, 3.05) is 23.7 Å². The van der Waals surface area contributed by atoms with Gasteiger partial charge in [0, 0.05) is 24.8 Å². The summed E-state index contributed by atoms with van der Waals surface area (Å²) in [7, 11) is 0. The number of likely N-dealkylation sites (tertiary alicyclic amines) is 1. The van der Waals surface area contributed by atoms with Crippen LogP contribution in [0.5, 0.6) is 0 Å². The van der Waals surface area contributed by atoms with Crippen molar-refractivity contribution in [3.8, 4) is 0 Å². The molecule has 2 heterocycles. The summed E-state index contributed by atoms with van der Waals surface area (Å²) in [6.45, 7) is 4.91. The van der Waals surface area contributed by atoms with Crippen molar-refractivity contribution in [3.63, 3.8) is 0 Å². The Hall–Kier alpha value is -4.73. The molecule has 0 bridgehead atoms. The Bertz CT molecular complexity index is 1280. The lowest BCUT2D eigenvalue weighted by Crippen LogP contribution is -2.44. The lowest BCUT2D eigenvalue weighted by Gasteiger charge is -2.32. The number of piperidine rings is 1. The van der Waals surface area contributed by atoms with Crippen LogP contribution < -0.4 is 16.4 Å². The van der Waals surface area contributed by atoms with Crippen molar-refractivity contribution in [2.45, 2.75) is 25.5 Å². The number of esters is 1. The van der Waals surface area contributed by atoms with Crippen molar-refractivity contribution in [2.24, 2.45) is 5.73 Å². The van der Waals surface area contributed by atoms with Gasteiger partial charge in [0.25, 0.3) is 5.91 Å². The largest absolute Gasteiger partial charge is 0.457 e. The molecular formula is C27H28N6O4. The number of nitrogens with one attached hydrogen (secondary N) is 2. The van der Waals surface area contributed by atoms with Gasteiger partial charge in [-0.2, -0.15) is 0 Å². The third-order valence-electron chi connectivity index (χ3n) is 5.86. The Morgan fingerprint density at radius 1 is 1.14 bits per heavy atom. The van der Waals surface area contributed by atoms with E-state index in [1.54, 1.807) is 29.2 Å². The first-order chi connectivity index (χ1) is 17.9. The number of rotatable bonds is 9. The van der Waals surface area contributed by atoms with E-state index in [0.717, 1.165) is 18.4 Å². The van der Waals surface area contributed by atoms with Crippen molar-refractivity contribution in [3.05, 3.63) is 90.3 Å². The Labute approximate surface area is 214 Å². The molecule has 2 amide bonds. The number of amides is 2. The molecule has 0 radical (unpaired) electrons. The highest BCUT2D eigenvalue weighted by atomic mass is 16.5. The number of hydrogen-bond donors (Lipinski definition) is 3. The van der Waals surface area contributed by atoms with E-state index in [4.69, 9.17) is 10.5 Å². The normalized spacial score (nSPS) is 14.9. The van der Waals surface area contributed by atoms with E-state index in [0.29, 0.717) is 30.2 Å². The highest BCUT2D eigenvalue weighted by Gasteiger charge is 2.23. The number of carbonyl (C=O) groups is 3. The van der Waals surface area contributed by atoms with Crippen LogP contribution in [0.4, 0.5) is 17.3 Å². The van der Waals surface area contributed by atoms with Gasteiger partial charge in [-0.1, -0.05) is 36.9 Å². The maximum atomic E-state index is 12.4. The van der Waals surface area contributed by atoms with Crippen LogP contribution in [0.3, 0.4) is 0 Å². The average molecular weight is 501 g/mol. The number of hydrogen-bond acceptors (Lipinski definition) is 8. The monoisotopic (exact) mass is 500 g/mol. The number of nitrogens with two attached hydrogens (primary N) is 1. The van der Waals surface area contributed by atoms with Crippen molar-refractivity contribution < 1.29 is 19.1 Å². The van der Waals surface area contributed by atoms with Gasteiger partial charge in [-0.3, -0.25) is 9.59 Å². The number of aromatic nitrogens is 2. The van der Waals surface area contributed by atoms with Crippen LogP contribution in [0.2, 0.25) is 0 Å². The molecule has 1 aromatic heterocycles. The predicted molar refractivity (Wildman–Crippen MR) is 139 cm³/mol. The fraction of sp³-hybridized carbons (Fsp3) is 0.222. The van der Waals surface area contributed by atoms with E-state index in [1.165, 1.54) is 12.3 Å². The topological polar surface area (TPSA) is 140 Å². The number of primary amides is 1. The summed E-state index contributed by atoms with van der Waals surface area (Å²) in [5, 5.41) is 6.33. The zero-order valence-corrected chi connectivity index (χ0v) is 20.2. The van der Waals surface area contributed by atoms with Crippen molar-refractivity contribution in [1.82, 2.24) is 14.9 Å². The summed E-state index contributed by atoms with van der Waals surface area (Å²) < 4.78 is 5.36. The van der Waals surface area contributed by atoms with Gasteiger partial charge < -0.3 is 26.0 Å².